The van der Waals surface area contributed by atoms with Crippen LogP contribution in [0.15, 0.2) is 42.5 Å². The van der Waals surface area contributed by atoms with Crippen LogP contribution in [0.3, 0.4) is 0 Å². The number of anilines is 1. The van der Waals surface area contributed by atoms with Crippen molar-refractivity contribution in [2.24, 2.45) is 0 Å². The lowest BCUT2D eigenvalue weighted by Crippen LogP contribution is -2.39. The van der Waals surface area contributed by atoms with E-state index in [1.807, 2.05) is 36.4 Å². The molecule has 2 heterocycles. The highest BCUT2D eigenvalue weighted by Gasteiger charge is 2.19. The fraction of sp³-hybridized carbons (Fsp3) is 0.385. The number of thiazole rings is 1. The molecule has 10 heteroatoms. The molecule has 0 bridgehead atoms. The van der Waals surface area contributed by atoms with Crippen molar-refractivity contribution in [2.75, 3.05) is 65.6 Å². The Hall–Kier alpha value is -2.85. The van der Waals surface area contributed by atoms with Crippen LogP contribution in [-0.2, 0) is 9.53 Å². The van der Waals surface area contributed by atoms with Gasteiger partial charge in [0, 0.05) is 32.3 Å². The number of halogens is 1. The molecule has 2 aromatic carbocycles. The van der Waals surface area contributed by atoms with Crippen LogP contribution in [0.1, 0.15) is 12.0 Å². The van der Waals surface area contributed by atoms with Crippen molar-refractivity contribution in [3.63, 3.8) is 0 Å². The number of aromatic nitrogens is 1. The second-order valence-electron chi connectivity index (χ2n) is 8.08. The maximum atomic E-state index is 13.4. The summed E-state index contributed by atoms with van der Waals surface area (Å²) in [6.45, 7) is 4.85. The smallest absolute Gasteiger partial charge is 0.252 e. The van der Waals surface area contributed by atoms with Gasteiger partial charge in [-0.3, -0.25) is 14.6 Å². The van der Waals surface area contributed by atoms with Crippen LogP contribution < -0.4 is 19.1 Å². The minimum Gasteiger partial charge on any atom is -0.497 e. The number of methoxy groups -OCH3 is 3. The number of benzene rings is 2. The van der Waals surface area contributed by atoms with Gasteiger partial charge in [-0.2, -0.15) is 0 Å². The van der Waals surface area contributed by atoms with Crippen LogP contribution in [-0.4, -0.2) is 76.5 Å². The Kier molecular flexibility index (Phi) is 10.4. The van der Waals surface area contributed by atoms with Gasteiger partial charge in [0.05, 0.1) is 44.8 Å². The molecule has 3 aromatic rings. The number of fused-ring (bicyclic) bond motifs is 1. The van der Waals surface area contributed by atoms with Crippen molar-refractivity contribution in [3.8, 4) is 17.2 Å². The summed E-state index contributed by atoms with van der Waals surface area (Å²) in [5, 5.41) is 0.678. The molecule has 0 aliphatic carbocycles. The van der Waals surface area contributed by atoms with Gasteiger partial charge in [0.25, 0.3) is 5.91 Å². The second-order valence-corrected chi connectivity index (χ2v) is 9.08. The van der Waals surface area contributed by atoms with Gasteiger partial charge in [-0.25, -0.2) is 4.98 Å². The number of morpholine rings is 1. The Bertz CT molecular complexity index is 1180. The molecule has 0 atom stereocenters. The number of hydrogen-bond donors (Lipinski definition) is 0. The first-order valence-electron chi connectivity index (χ1n) is 11.6. The number of hydrogen-bond acceptors (Lipinski definition) is 8. The third-order valence-electron chi connectivity index (χ3n) is 5.87. The van der Waals surface area contributed by atoms with Crippen LogP contribution in [0.2, 0.25) is 0 Å². The Labute approximate surface area is 221 Å². The van der Waals surface area contributed by atoms with E-state index in [9.17, 15) is 4.79 Å². The first-order chi connectivity index (χ1) is 17.1. The van der Waals surface area contributed by atoms with Gasteiger partial charge >= 0.3 is 0 Å². The SMILES string of the molecule is COc1ccc2nc(N(CCCN3CCOCC3)C(=O)/C=C/c3ccc(OC)c(OC)c3)sc2c1.Cl. The number of carbonyl (C=O) groups is 1. The third-order valence-corrected chi connectivity index (χ3v) is 6.91. The van der Waals surface area contributed by atoms with E-state index >= 15 is 0 Å². The molecular formula is C26H32ClN3O5S. The maximum absolute atomic E-state index is 13.4. The van der Waals surface area contributed by atoms with E-state index in [4.69, 9.17) is 23.9 Å². The lowest BCUT2D eigenvalue weighted by molar-refractivity contribution is -0.114. The summed E-state index contributed by atoms with van der Waals surface area (Å²) in [5.74, 6) is 1.91. The van der Waals surface area contributed by atoms with E-state index in [0.717, 1.165) is 60.8 Å². The van der Waals surface area contributed by atoms with Crippen molar-refractivity contribution in [3.05, 3.63) is 48.0 Å². The van der Waals surface area contributed by atoms with Gasteiger partial charge in [-0.05, 0) is 48.4 Å². The third kappa shape index (κ3) is 6.88. The standard InChI is InChI=1S/C26H31N3O5S.ClH/c1-31-20-7-8-21-24(18-20)35-26(27-21)29(12-4-11-28-13-15-34-16-14-28)25(30)10-6-19-5-9-22(32-2)23(17-19)33-3;/h5-10,17-18H,4,11-16H2,1-3H3;1H/b10-6+;. The zero-order chi connectivity index (χ0) is 24.6. The minimum absolute atomic E-state index is 0. The Morgan fingerprint density at radius 3 is 2.58 bits per heavy atom. The van der Waals surface area contributed by atoms with E-state index in [0.29, 0.717) is 23.2 Å². The Morgan fingerprint density at radius 1 is 1.08 bits per heavy atom. The average molecular weight is 534 g/mol. The predicted octanol–water partition coefficient (Wildman–Crippen LogP) is 4.51. The molecule has 36 heavy (non-hydrogen) atoms. The van der Waals surface area contributed by atoms with E-state index in [1.165, 1.54) is 11.3 Å². The van der Waals surface area contributed by atoms with E-state index in [2.05, 4.69) is 4.90 Å². The minimum atomic E-state index is -0.118. The van der Waals surface area contributed by atoms with Crippen LogP contribution in [0.25, 0.3) is 16.3 Å². The first-order valence-corrected chi connectivity index (χ1v) is 12.4. The summed E-state index contributed by atoms with van der Waals surface area (Å²) in [4.78, 5) is 22.2. The molecule has 0 saturated carbocycles. The van der Waals surface area contributed by atoms with Crippen LogP contribution >= 0.6 is 23.7 Å². The highest BCUT2D eigenvalue weighted by atomic mass is 35.5. The van der Waals surface area contributed by atoms with Gasteiger partial charge in [0.2, 0.25) is 0 Å². The molecule has 1 fully saturated rings. The van der Waals surface area contributed by atoms with Gasteiger partial charge < -0.3 is 18.9 Å². The molecule has 1 aliphatic rings. The average Bonchev–Trinajstić information content (AvgIpc) is 3.33. The normalized spacial score (nSPS) is 14.0. The van der Waals surface area contributed by atoms with Gasteiger partial charge in [0.1, 0.15) is 5.75 Å². The van der Waals surface area contributed by atoms with Crippen molar-refractivity contribution in [1.82, 2.24) is 9.88 Å². The molecule has 194 valence electrons. The van der Waals surface area contributed by atoms with Crippen LogP contribution in [0.5, 0.6) is 17.2 Å². The van der Waals surface area contributed by atoms with Crippen molar-refractivity contribution in [2.45, 2.75) is 6.42 Å². The number of rotatable bonds is 10. The molecule has 8 nitrogen and oxygen atoms in total. The number of nitrogens with zero attached hydrogens (tertiary/aromatic N) is 3. The molecule has 4 rings (SSSR count). The van der Waals surface area contributed by atoms with Crippen molar-refractivity contribution >= 4 is 51.1 Å². The van der Waals surface area contributed by atoms with Gasteiger partial charge in [0.15, 0.2) is 16.6 Å². The molecule has 0 spiro atoms. The molecule has 0 N–H and O–H groups in total. The van der Waals surface area contributed by atoms with Gasteiger partial charge in [-0.1, -0.05) is 17.4 Å². The van der Waals surface area contributed by atoms with E-state index in [1.54, 1.807) is 38.4 Å². The van der Waals surface area contributed by atoms with Crippen molar-refractivity contribution < 1.29 is 23.7 Å². The summed E-state index contributed by atoms with van der Waals surface area (Å²) in [5.41, 5.74) is 1.69. The summed E-state index contributed by atoms with van der Waals surface area (Å²) in [6.07, 6.45) is 4.22. The molecule has 1 saturated heterocycles. The molecule has 1 aliphatic heterocycles. The highest BCUT2D eigenvalue weighted by Crippen LogP contribution is 2.32. The summed E-state index contributed by atoms with van der Waals surface area (Å²) in [6, 6.07) is 11.3. The fourth-order valence-corrected chi connectivity index (χ4v) is 4.95. The zero-order valence-electron chi connectivity index (χ0n) is 20.8. The second kappa shape index (κ2) is 13.5. The summed E-state index contributed by atoms with van der Waals surface area (Å²) < 4.78 is 22.4. The maximum Gasteiger partial charge on any atom is 0.252 e. The first kappa shape index (κ1) is 27.7. The molecular weight excluding hydrogens is 502 g/mol. The quantitative estimate of drug-likeness (QED) is 0.355. The molecule has 1 amide bonds. The van der Waals surface area contributed by atoms with Crippen LogP contribution in [0, 0.1) is 0 Å². The highest BCUT2D eigenvalue weighted by molar-refractivity contribution is 7.22. The number of carbonyl (C=O) groups excluding carboxylic acids is 1. The zero-order valence-corrected chi connectivity index (χ0v) is 22.4. The molecule has 1 aromatic heterocycles. The summed E-state index contributed by atoms with van der Waals surface area (Å²) >= 11 is 1.49. The predicted molar refractivity (Wildman–Crippen MR) is 146 cm³/mol. The Balaban J connectivity index is 0.00000361. The van der Waals surface area contributed by atoms with E-state index in [-0.39, 0.29) is 18.3 Å². The lowest BCUT2D eigenvalue weighted by Gasteiger charge is -2.27. The number of amides is 1. The monoisotopic (exact) mass is 533 g/mol. The molecule has 0 radical (unpaired) electrons. The fourth-order valence-electron chi connectivity index (χ4n) is 3.93. The van der Waals surface area contributed by atoms with Gasteiger partial charge in [-0.15, -0.1) is 12.4 Å². The lowest BCUT2D eigenvalue weighted by atomic mass is 10.2. The molecule has 0 unspecified atom stereocenters. The summed E-state index contributed by atoms with van der Waals surface area (Å²) in [7, 11) is 4.83. The topological polar surface area (TPSA) is 73.4 Å². The van der Waals surface area contributed by atoms with E-state index < -0.39 is 0 Å². The van der Waals surface area contributed by atoms with Crippen LogP contribution in [0.4, 0.5) is 5.13 Å². The largest absolute Gasteiger partial charge is 0.497 e. The van der Waals surface area contributed by atoms with Crippen molar-refractivity contribution in [1.29, 1.82) is 0 Å². The number of ether oxygens (including phenoxy) is 4. The Morgan fingerprint density at radius 2 is 1.86 bits per heavy atom.